The van der Waals surface area contributed by atoms with Crippen molar-refractivity contribution in [1.29, 1.82) is 0 Å². The van der Waals surface area contributed by atoms with Crippen molar-refractivity contribution >= 4 is 22.2 Å². The average molecular weight is 271 g/mol. The average Bonchev–Trinajstić information content (AvgIpc) is 2.29. The Morgan fingerprint density at radius 1 is 1.47 bits per heavy atom. The molecule has 1 heterocycles. The maximum absolute atomic E-state index is 11.0. The molecule has 4 heteroatoms. The molecule has 0 saturated carbocycles. The smallest absolute Gasteiger partial charge is 0.189 e. The molecule has 2 rings (SSSR count). The molecule has 0 fully saturated rings. The Balaban J connectivity index is 2.46. The molecular formula is C11H11BrO3. The molecule has 0 amide bonds. The molecule has 0 unspecified atom stereocenters. The van der Waals surface area contributed by atoms with Crippen molar-refractivity contribution in [3.8, 4) is 5.75 Å². The highest BCUT2D eigenvalue weighted by molar-refractivity contribution is 9.09. The van der Waals surface area contributed by atoms with E-state index in [1.807, 2.05) is 12.1 Å². The Bertz CT molecular complexity index is 376. The number of fused-ring (bicyclic) bond motifs is 1. The van der Waals surface area contributed by atoms with E-state index >= 15 is 0 Å². The van der Waals surface area contributed by atoms with E-state index in [4.69, 9.17) is 9.47 Å². The van der Waals surface area contributed by atoms with Gasteiger partial charge in [0, 0.05) is 16.5 Å². The molecule has 0 aromatic heterocycles. The van der Waals surface area contributed by atoms with Crippen molar-refractivity contribution in [3.63, 3.8) is 0 Å². The van der Waals surface area contributed by atoms with Crippen LogP contribution in [0.2, 0.25) is 0 Å². The molecular weight excluding hydrogens is 260 g/mol. The molecule has 1 aliphatic heterocycles. The molecule has 0 radical (unpaired) electrons. The lowest BCUT2D eigenvalue weighted by Crippen LogP contribution is -2.14. The number of aryl methyl sites for hydroxylation is 1. The topological polar surface area (TPSA) is 35.5 Å². The minimum atomic E-state index is 0.267. The van der Waals surface area contributed by atoms with Crippen LogP contribution in [0.4, 0.5) is 0 Å². The lowest BCUT2D eigenvalue weighted by atomic mass is 9.99. The van der Waals surface area contributed by atoms with Gasteiger partial charge in [-0.05, 0) is 18.1 Å². The molecule has 80 valence electrons. The van der Waals surface area contributed by atoms with E-state index in [0.717, 1.165) is 34.9 Å². The quantitative estimate of drug-likeness (QED) is 0.625. The number of halogens is 1. The molecule has 1 aromatic carbocycles. The van der Waals surface area contributed by atoms with Crippen molar-refractivity contribution in [1.82, 2.24) is 0 Å². The van der Waals surface area contributed by atoms with Crippen LogP contribution in [-0.4, -0.2) is 18.4 Å². The maximum atomic E-state index is 11.0. The number of carbonyl (C=O) groups is 1. The summed E-state index contributed by atoms with van der Waals surface area (Å²) >= 11 is 3.37. The predicted molar refractivity (Wildman–Crippen MR) is 59.6 cm³/mol. The third-order valence-corrected chi connectivity index (χ3v) is 2.83. The summed E-state index contributed by atoms with van der Waals surface area (Å²) in [6.45, 7) is 0.725. The summed E-state index contributed by atoms with van der Waals surface area (Å²) in [4.78, 5) is 11.0. The highest BCUT2D eigenvalue weighted by Crippen LogP contribution is 2.28. The van der Waals surface area contributed by atoms with Gasteiger partial charge in [-0.1, -0.05) is 22.0 Å². The molecule has 15 heavy (non-hydrogen) atoms. The zero-order chi connectivity index (χ0) is 10.7. The summed E-state index contributed by atoms with van der Waals surface area (Å²) in [6, 6.07) is 3.85. The first kappa shape index (κ1) is 10.6. The summed E-state index contributed by atoms with van der Waals surface area (Å²) in [5.41, 5.74) is 2.62. The van der Waals surface area contributed by atoms with Gasteiger partial charge in [-0.15, -0.1) is 0 Å². The molecule has 0 atom stereocenters. The van der Waals surface area contributed by atoms with Crippen LogP contribution in [-0.2, 0) is 17.8 Å². The Hall–Kier alpha value is -0.870. The minimum absolute atomic E-state index is 0.267. The van der Waals surface area contributed by atoms with E-state index in [1.54, 1.807) is 0 Å². The van der Waals surface area contributed by atoms with Crippen LogP contribution < -0.4 is 4.74 Å². The van der Waals surface area contributed by atoms with Crippen LogP contribution in [0.1, 0.15) is 21.5 Å². The van der Waals surface area contributed by atoms with E-state index < -0.39 is 0 Å². The zero-order valence-corrected chi connectivity index (χ0v) is 9.75. The van der Waals surface area contributed by atoms with Crippen LogP contribution in [0.25, 0.3) is 0 Å². The highest BCUT2D eigenvalue weighted by atomic mass is 79.9. The maximum Gasteiger partial charge on any atom is 0.189 e. The van der Waals surface area contributed by atoms with E-state index in [1.165, 1.54) is 0 Å². The lowest BCUT2D eigenvalue weighted by Gasteiger charge is -2.20. The van der Waals surface area contributed by atoms with E-state index in [0.29, 0.717) is 12.2 Å². The second-order valence-electron chi connectivity index (χ2n) is 3.28. The Morgan fingerprint density at radius 3 is 3.07 bits per heavy atom. The van der Waals surface area contributed by atoms with Gasteiger partial charge in [-0.3, -0.25) is 4.79 Å². The largest absolute Gasteiger partial charge is 0.467 e. The molecule has 1 aliphatic rings. The molecule has 3 nitrogen and oxygen atoms in total. The normalized spacial score (nSPS) is 14.2. The van der Waals surface area contributed by atoms with E-state index in [2.05, 4.69) is 15.9 Å². The summed E-state index contributed by atoms with van der Waals surface area (Å²) in [5.74, 6) is 0.765. The van der Waals surface area contributed by atoms with Crippen LogP contribution in [0.5, 0.6) is 5.75 Å². The third kappa shape index (κ3) is 2.06. The standard InChI is InChI=1S/C11H11BrO3/c12-4-3-8-1-2-11-10(9(8)5-13)6-14-7-15-11/h1-2,5H,3-4,6-7H2. The number of aldehydes is 1. The van der Waals surface area contributed by atoms with Gasteiger partial charge in [-0.2, -0.15) is 0 Å². The first-order valence-electron chi connectivity index (χ1n) is 4.73. The molecule has 0 bridgehead atoms. The van der Waals surface area contributed by atoms with E-state index in [-0.39, 0.29) is 6.79 Å². The number of ether oxygens (including phenoxy) is 2. The van der Waals surface area contributed by atoms with Gasteiger partial charge in [0.25, 0.3) is 0 Å². The Labute approximate surface area is 96.5 Å². The summed E-state index contributed by atoms with van der Waals surface area (Å²) < 4.78 is 10.5. The van der Waals surface area contributed by atoms with Crippen LogP contribution in [0, 0.1) is 0 Å². The highest BCUT2D eigenvalue weighted by Gasteiger charge is 2.17. The van der Waals surface area contributed by atoms with Crippen molar-refractivity contribution in [2.24, 2.45) is 0 Å². The third-order valence-electron chi connectivity index (χ3n) is 2.43. The Kier molecular flexibility index (Phi) is 3.38. The second-order valence-corrected chi connectivity index (χ2v) is 4.08. The molecule has 1 aromatic rings. The summed E-state index contributed by atoms with van der Waals surface area (Å²) in [5, 5.41) is 0.842. The van der Waals surface area contributed by atoms with Gasteiger partial charge in [0.2, 0.25) is 0 Å². The fourth-order valence-electron chi connectivity index (χ4n) is 1.69. The summed E-state index contributed by atoms with van der Waals surface area (Å²) in [7, 11) is 0. The van der Waals surface area contributed by atoms with Gasteiger partial charge in [0.1, 0.15) is 5.75 Å². The number of hydrogen-bond donors (Lipinski definition) is 0. The fraction of sp³-hybridized carbons (Fsp3) is 0.364. The zero-order valence-electron chi connectivity index (χ0n) is 8.16. The molecule has 0 aliphatic carbocycles. The fourth-order valence-corrected chi connectivity index (χ4v) is 2.12. The monoisotopic (exact) mass is 270 g/mol. The Morgan fingerprint density at radius 2 is 2.33 bits per heavy atom. The number of carbonyl (C=O) groups excluding carboxylic acids is 1. The van der Waals surface area contributed by atoms with Crippen molar-refractivity contribution in [2.75, 3.05) is 12.1 Å². The van der Waals surface area contributed by atoms with Crippen molar-refractivity contribution in [2.45, 2.75) is 13.0 Å². The predicted octanol–water partition coefficient (Wildman–Crippen LogP) is 2.30. The molecule has 0 N–H and O–H groups in total. The first-order chi connectivity index (χ1) is 7.36. The SMILES string of the molecule is O=Cc1c(CCBr)ccc2c1COCO2. The number of hydrogen-bond acceptors (Lipinski definition) is 3. The van der Waals surface area contributed by atoms with Crippen LogP contribution in [0.15, 0.2) is 12.1 Å². The number of alkyl halides is 1. The van der Waals surface area contributed by atoms with Crippen LogP contribution >= 0.6 is 15.9 Å². The summed E-state index contributed by atoms with van der Waals surface area (Å²) in [6.07, 6.45) is 1.72. The second kappa shape index (κ2) is 4.77. The first-order valence-corrected chi connectivity index (χ1v) is 5.85. The molecule has 0 spiro atoms. The number of rotatable bonds is 3. The van der Waals surface area contributed by atoms with Gasteiger partial charge in [0.05, 0.1) is 6.61 Å². The van der Waals surface area contributed by atoms with Crippen LogP contribution in [0.3, 0.4) is 0 Å². The van der Waals surface area contributed by atoms with Gasteiger partial charge < -0.3 is 9.47 Å². The van der Waals surface area contributed by atoms with Gasteiger partial charge in [0.15, 0.2) is 13.1 Å². The molecule has 0 saturated heterocycles. The van der Waals surface area contributed by atoms with Gasteiger partial charge in [-0.25, -0.2) is 0 Å². The van der Waals surface area contributed by atoms with E-state index in [9.17, 15) is 4.79 Å². The van der Waals surface area contributed by atoms with Crippen molar-refractivity contribution in [3.05, 3.63) is 28.8 Å². The van der Waals surface area contributed by atoms with Crippen molar-refractivity contribution < 1.29 is 14.3 Å². The minimum Gasteiger partial charge on any atom is -0.467 e. The van der Waals surface area contributed by atoms with Gasteiger partial charge >= 0.3 is 0 Å². The lowest BCUT2D eigenvalue weighted by molar-refractivity contribution is -0.0166. The number of benzene rings is 1.